The number of hydrogen-bond acceptors (Lipinski definition) is 5. The number of nitrogens with one attached hydrogen (secondary N) is 1. The summed E-state index contributed by atoms with van der Waals surface area (Å²) in [5, 5.41) is 2.32. The smallest absolute Gasteiger partial charge is 0.326 e. The molecule has 0 spiro atoms. The predicted molar refractivity (Wildman–Crippen MR) is 96.2 cm³/mol. The fourth-order valence-corrected chi connectivity index (χ4v) is 2.29. The van der Waals surface area contributed by atoms with Crippen LogP contribution in [0.15, 0.2) is 48.5 Å². The zero-order valence-electron chi connectivity index (χ0n) is 15.0. The summed E-state index contributed by atoms with van der Waals surface area (Å²) < 4.78 is 23.4. The van der Waals surface area contributed by atoms with E-state index in [1.165, 1.54) is 25.1 Å². The molecule has 0 radical (unpaired) electrons. The maximum absolute atomic E-state index is 13.1. The van der Waals surface area contributed by atoms with Gasteiger partial charge in [-0.25, -0.2) is 4.39 Å². The standard InChI is InChI=1S/C20H20FNO5/c1-3-26-17-9-7-14(8-10-17)19(24)13(2)27-18(23)12-22-20(25)15-5-4-6-16(21)11-15/h4-11,13H,3,12H2,1-2H3,(H,22,25)/t13-/m1/s1. The molecule has 0 fully saturated rings. The third-order valence-corrected chi connectivity index (χ3v) is 3.61. The van der Waals surface area contributed by atoms with Gasteiger partial charge in [-0.1, -0.05) is 6.07 Å². The first-order chi connectivity index (χ1) is 12.9. The first-order valence-corrected chi connectivity index (χ1v) is 8.41. The largest absolute Gasteiger partial charge is 0.494 e. The van der Waals surface area contributed by atoms with Crippen LogP contribution < -0.4 is 10.1 Å². The van der Waals surface area contributed by atoms with Gasteiger partial charge < -0.3 is 14.8 Å². The molecule has 27 heavy (non-hydrogen) atoms. The lowest BCUT2D eigenvalue weighted by atomic mass is 10.1. The number of carbonyl (C=O) groups excluding carboxylic acids is 3. The van der Waals surface area contributed by atoms with Crippen molar-refractivity contribution in [1.29, 1.82) is 0 Å². The van der Waals surface area contributed by atoms with Gasteiger partial charge in [0.05, 0.1) is 6.61 Å². The highest BCUT2D eigenvalue weighted by atomic mass is 19.1. The molecule has 2 aromatic carbocycles. The monoisotopic (exact) mass is 373 g/mol. The molecule has 0 aliphatic carbocycles. The van der Waals surface area contributed by atoms with Gasteiger partial charge in [-0.2, -0.15) is 0 Å². The molecule has 1 amide bonds. The van der Waals surface area contributed by atoms with Gasteiger partial charge in [-0.3, -0.25) is 14.4 Å². The van der Waals surface area contributed by atoms with Crippen molar-refractivity contribution in [3.8, 4) is 5.75 Å². The zero-order chi connectivity index (χ0) is 19.8. The second-order valence-electron chi connectivity index (χ2n) is 5.65. The van der Waals surface area contributed by atoms with Gasteiger partial charge in [0, 0.05) is 11.1 Å². The Balaban J connectivity index is 1.85. The number of rotatable bonds is 8. The second kappa shape index (κ2) is 9.47. The van der Waals surface area contributed by atoms with Crippen LogP contribution in [0.25, 0.3) is 0 Å². The Labute approximate surface area is 156 Å². The second-order valence-corrected chi connectivity index (χ2v) is 5.65. The lowest BCUT2D eigenvalue weighted by molar-refractivity contribution is -0.145. The molecule has 7 heteroatoms. The number of Topliss-reactive ketones (excluding diaryl/α,β-unsaturated/α-hetero) is 1. The van der Waals surface area contributed by atoms with Crippen LogP contribution in [-0.4, -0.2) is 36.9 Å². The van der Waals surface area contributed by atoms with Crippen LogP contribution >= 0.6 is 0 Å². The van der Waals surface area contributed by atoms with Gasteiger partial charge in [-0.05, 0) is 56.3 Å². The molecule has 0 unspecified atom stereocenters. The molecular formula is C20H20FNO5. The molecule has 2 aromatic rings. The molecule has 2 rings (SSSR count). The molecule has 142 valence electrons. The number of carbonyl (C=O) groups is 3. The van der Waals surface area contributed by atoms with E-state index in [1.54, 1.807) is 24.3 Å². The van der Waals surface area contributed by atoms with Crippen LogP contribution in [0, 0.1) is 5.82 Å². The fourth-order valence-electron chi connectivity index (χ4n) is 2.29. The van der Waals surface area contributed by atoms with E-state index >= 15 is 0 Å². The molecule has 0 saturated heterocycles. The first-order valence-electron chi connectivity index (χ1n) is 8.41. The van der Waals surface area contributed by atoms with Crippen molar-refractivity contribution in [3.05, 3.63) is 65.5 Å². The van der Waals surface area contributed by atoms with Crippen molar-refractivity contribution in [2.75, 3.05) is 13.2 Å². The average Bonchev–Trinajstić information content (AvgIpc) is 2.66. The van der Waals surface area contributed by atoms with E-state index in [9.17, 15) is 18.8 Å². The SMILES string of the molecule is CCOc1ccc(C(=O)[C@@H](C)OC(=O)CNC(=O)c2cccc(F)c2)cc1. The Bertz CT molecular complexity index is 819. The molecule has 0 aliphatic heterocycles. The number of halogens is 1. The van der Waals surface area contributed by atoms with E-state index < -0.39 is 30.3 Å². The van der Waals surface area contributed by atoms with E-state index in [0.29, 0.717) is 17.9 Å². The van der Waals surface area contributed by atoms with Gasteiger partial charge in [-0.15, -0.1) is 0 Å². The zero-order valence-corrected chi connectivity index (χ0v) is 15.0. The lowest BCUT2D eigenvalue weighted by Gasteiger charge is -2.13. The third kappa shape index (κ3) is 5.91. The molecule has 0 aromatic heterocycles. The Kier molecular flexibility index (Phi) is 7.05. The maximum Gasteiger partial charge on any atom is 0.326 e. The van der Waals surface area contributed by atoms with Crippen molar-refractivity contribution in [2.24, 2.45) is 0 Å². The molecule has 6 nitrogen and oxygen atoms in total. The van der Waals surface area contributed by atoms with E-state index in [2.05, 4.69) is 5.32 Å². The summed E-state index contributed by atoms with van der Waals surface area (Å²) in [6.07, 6.45) is -1.01. The minimum Gasteiger partial charge on any atom is -0.494 e. The average molecular weight is 373 g/mol. The van der Waals surface area contributed by atoms with E-state index in [0.717, 1.165) is 6.07 Å². The van der Waals surface area contributed by atoms with Gasteiger partial charge in [0.2, 0.25) is 5.78 Å². The minimum absolute atomic E-state index is 0.0845. The highest BCUT2D eigenvalue weighted by Crippen LogP contribution is 2.14. The summed E-state index contributed by atoms with van der Waals surface area (Å²) >= 11 is 0. The molecule has 0 saturated carbocycles. The van der Waals surface area contributed by atoms with E-state index in [1.807, 2.05) is 6.92 Å². The summed E-state index contributed by atoms with van der Waals surface area (Å²) in [4.78, 5) is 36.0. The van der Waals surface area contributed by atoms with Gasteiger partial charge >= 0.3 is 5.97 Å². The number of hydrogen-bond donors (Lipinski definition) is 1. The highest BCUT2D eigenvalue weighted by molar-refractivity contribution is 6.00. The van der Waals surface area contributed by atoms with E-state index in [4.69, 9.17) is 9.47 Å². The molecule has 0 aliphatic rings. The van der Waals surface area contributed by atoms with Crippen LogP contribution in [0.1, 0.15) is 34.6 Å². The minimum atomic E-state index is -1.01. The summed E-state index contributed by atoms with van der Waals surface area (Å²) in [5.41, 5.74) is 0.462. The van der Waals surface area contributed by atoms with Crippen molar-refractivity contribution < 1.29 is 28.2 Å². The summed E-state index contributed by atoms with van der Waals surface area (Å²) in [7, 11) is 0. The van der Waals surface area contributed by atoms with Crippen LogP contribution in [-0.2, 0) is 9.53 Å². The molecule has 1 N–H and O–H groups in total. The van der Waals surface area contributed by atoms with Gasteiger partial charge in [0.1, 0.15) is 18.1 Å². The Hall–Kier alpha value is -3.22. The molecule has 0 bridgehead atoms. The number of ketones is 1. The van der Waals surface area contributed by atoms with Gasteiger partial charge in [0.15, 0.2) is 6.10 Å². The first kappa shape index (κ1) is 20.1. The molecule has 1 atom stereocenters. The molecular weight excluding hydrogens is 353 g/mol. The van der Waals surface area contributed by atoms with Gasteiger partial charge in [0.25, 0.3) is 5.91 Å². The van der Waals surface area contributed by atoms with Crippen molar-refractivity contribution >= 4 is 17.7 Å². The van der Waals surface area contributed by atoms with Crippen LogP contribution in [0.5, 0.6) is 5.75 Å². The van der Waals surface area contributed by atoms with E-state index in [-0.39, 0.29) is 11.3 Å². The lowest BCUT2D eigenvalue weighted by Crippen LogP contribution is -2.34. The Morgan fingerprint density at radius 1 is 1.07 bits per heavy atom. The third-order valence-electron chi connectivity index (χ3n) is 3.61. The Morgan fingerprint density at radius 2 is 1.78 bits per heavy atom. The van der Waals surface area contributed by atoms with Crippen LogP contribution in [0.3, 0.4) is 0 Å². The number of esters is 1. The van der Waals surface area contributed by atoms with Crippen molar-refractivity contribution in [1.82, 2.24) is 5.32 Å². The van der Waals surface area contributed by atoms with Crippen molar-refractivity contribution in [3.63, 3.8) is 0 Å². The number of amides is 1. The van der Waals surface area contributed by atoms with Crippen LogP contribution in [0.2, 0.25) is 0 Å². The predicted octanol–water partition coefficient (Wildman–Crippen LogP) is 2.77. The molecule has 0 heterocycles. The number of benzene rings is 2. The normalized spacial score (nSPS) is 11.4. The Morgan fingerprint density at radius 3 is 2.41 bits per heavy atom. The fraction of sp³-hybridized carbons (Fsp3) is 0.250. The summed E-state index contributed by atoms with van der Waals surface area (Å²) in [5.74, 6) is -1.68. The summed E-state index contributed by atoms with van der Waals surface area (Å²) in [6.45, 7) is 3.39. The van der Waals surface area contributed by atoms with Crippen molar-refractivity contribution in [2.45, 2.75) is 20.0 Å². The highest BCUT2D eigenvalue weighted by Gasteiger charge is 2.20. The maximum atomic E-state index is 13.1. The van der Waals surface area contributed by atoms with Crippen LogP contribution in [0.4, 0.5) is 4.39 Å². The quantitative estimate of drug-likeness (QED) is 0.568. The number of ether oxygens (including phenoxy) is 2. The summed E-state index contributed by atoms with van der Waals surface area (Å²) in [6, 6.07) is 11.6. The topological polar surface area (TPSA) is 81.7 Å².